The molecule has 1 saturated carbocycles. The second-order valence-electron chi connectivity index (χ2n) is 6.35. The zero-order valence-corrected chi connectivity index (χ0v) is 15.0. The number of rotatable bonds is 5. The van der Waals surface area contributed by atoms with Crippen molar-refractivity contribution in [3.63, 3.8) is 0 Å². The standard InChI is InChI=1S/C18H23ClN2O4/c1-12-4-2-3-5-15(12)20-18(24)21-16(22)11-25-17(23)10-13-6-8-14(19)9-7-13/h6-9,12,15H,2-5,10-11H2,1H3,(H2,20,21,22,24)/t12-,15+/m0/s1. The smallest absolute Gasteiger partial charge is 0.321 e. The highest BCUT2D eigenvalue weighted by molar-refractivity contribution is 6.30. The molecule has 25 heavy (non-hydrogen) atoms. The highest BCUT2D eigenvalue weighted by Gasteiger charge is 2.23. The first-order valence-electron chi connectivity index (χ1n) is 8.44. The van der Waals surface area contributed by atoms with Crippen LogP contribution in [0.3, 0.4) is 0 Å². The maximum atomic E-state index is 11.8. The molecule has 0 saturated heterocycles. The van der Waals surface area contributed by atoms with E-state index in [-0.39, 0.29) is 12.5 Å². The van der Waals surface area contributed by atoms with Crippen molar-refractivity contribution in [2.24, 2.45) is 5.92 Å². The van der Waals surface area contributed by atoms with Crippen molar-refractivity contribution in [1.82, 2.24) is 10.6 Å². The number of esters is 1. The van der Waals surface area contributed by atoms with Gasteiger partial charge in [0.15, 0.2) is 6.61 Å². The van der Waals surface area contributed by atoms with Crippen LogP contribution in [0.1, 0.15) is 38.2 Å². The van der Waals surface area contributed by atoms with E-state index >= 15 is 0 Å². The van der Waals surface area contributed by atoms with E-state index in [1.54, 1.807) is 24.3 Å². The molecule has 0 aliphatic heterocycles. The number of urea groups is 1. The van der Waals surface area contributed by atoms with E-state index in [0.29, 0.717) is 10.9 Å². The van der Waals surface area contributed by atoms with Gasteiger partial charge in [-0.3, -0.25) is 14.9 Å². The number of amides is 3. The lowest BCUT2D eigenvalue weighted by Crippen LogP contribution is -2.48. The van der Waals surface area contributed by atoms with Gasteiger partial charge < -0.3 is 10.1 Å². The third-order valence-corrected chi connectivity index (χ3v) is 4.56. The second kappa shape index (κ2) is 9.42. The van der Waals surface area contributed by atoms with Crippen LogP contribution in [0.2, 0.25) is 5.02 Å². The fourth-order valence-electron chi connectivity index (χ4n) is 2.86. The topological polar surface area (TPSA) is 84.5 Å². The molecule has 6 nitrogen and oxygen atoms in total. The lowest BCUT2D eigenvalue weighted by Gasteiger charge is -2.29. The van der Waals surface area contributed by atoms with Crippen molar-refractivity contribution >= 4 is 29.5 Å². The lowest BCUT2D eigenvalue weighted by atomic mass is 9.86. The molecule has 1 aliphatic rings. The normalized spacial score (nSPS) is 19.8. The molecule has 0 bridgehead atoms. The van der Waals surface area contributed by atoms with Crippen molar-refractivity contribution in [3.8, 4) is 0 Å². The van der Waals surface area contributed by atoms with E-state index in [0.717, 1.165) is 24.8 Å². The Balaban J connectivity index is 1.68. The first-order chi connectivity index (χ1) is 11.9. The largest absolute Gasteiger partial charge is 0.455 e. The Kier molecular flexibility index (Phi) is 7.25. The van der Waals surface area contributed by atoms with Gasteiger partial charge in [0.2, 0.25) is 0 Å². The third-order valence-electron chi connectivity index (χ3n) is 4.31. The molecular weight excluding hydrogens is 344 g/mol. The fourth-order valence-corrected chi connectivity index (χ4v) is 2.99. The van der Waals surface area contributed by atoms with E-state index in [1.807, 2.05) is 0 Å². The van der Waals surface area contributed by atoms with Gasteiger partial charge in [0.05, 0.1) is 6.42 Å². The molecule has 1 aromatic rings. The third kappa shape index (κ3) is 6.74. The van der Waals surface area contributed by atoms with Gasteiger partial charge in [-0.1, -0.05) is 43.5 Å². The van der Waals surface area contributed by atoms with Gasteiger partial charge in [0.25, 0.3) is 5.91 Å². The molecule has 1 fully saturated rings. The van der Waals surface area contributed by atoms with Crippen LogP contribution in [-0.4, -0.2) is 30.6 Å². The van der Waals surface area contributed by atoms with E-state index in [1.165, 1.54) is 6.42 Å². The highest BCUT2D eigenvalue weighted by atomic mass is 35.5. The quantitative estimate of drug-likeness (QED) is 0.785. The van der Waals surface area contributed by atoms with Crippen molar-refractivity contribution in [1.29, 1.82) is 0 Å². The van der Waals surface area contributed by atoms with Gasteiger partial charge in [-0.15, -0.1) is 0 Å². The number of carbonyl (C=O) groups is 3. The zero-order valence-electron chi connectivity index (χ0n) is 14.2. The predicted octanol–water partition coefficient (Wildman–Crippen LogP) is 2.83. The SMILES string of the molecule is C[C@H]1CCCC[C@H]1NC(=O)NC(=O)COC(=O)Cc1ccc(Cl)cc1. The molecule has 2 atom stereocenters. The average Bonchev–Trinajstić information content (AvgIpc) is 2.57. The zero-order chi connectivity index (χ0) is 18.2. The Labute approximate surface area is 152 Å². The number of benzene rings is 1. The van der Waals surface area contributed by atoms with Crippen LogP contribution in [0.15, 0.2) is 24.3 Å². The summed E-state index contributed by atoms with van der Waals surface area (Å²) < 4.78 is 4.89. The predicted molar refractivity (Wildman–Crippen MR) is 94.2 cm³/mol. The summed E-state index contributed by atoms with van der Waals surface area (Å²) in [4.78, 5) is 35.3. The molecule has 0 heterocycles. The van der Waals surface area contributed by atoms with Gasteiger partial charge >= 0.3 is 12.0 Å². The Morgan fingerprint density at radius 3 is 2.52 bits per heavy atom. The molecule has 0 unspecified atom stereocenters. The minimum absolute atomic E-state index is 0.0379. The minimum Gasteiger partial charge on any atom is -0.455 e. The summed E-state index contributed by atoms with van der Waals surface area (Å²) in [5.74, 6) is -0.795. The monoisotopic (exact) mass is 366 g/mol. The average molecular weight is 367 g/mol. The van der Waals surface area contributed by atoms with Crippen LogP contribution in [0, 0.1) is 5.92 Å². The number of hydrogen-bond acceptors (Lipinski definition) is 4. The van der Waals surface area contributed by atoms with Gasteiger partial charge in [-0.2, -0.15) is 0 Å². The Hall–Kier alpha value is -2.08. The second-order valence-corrected chi connectivity index (χ2v) is 6.79. The molecular formula is C18H23ClN2O4. The molecule has 0 spiro atoms. The van der Waals surface area contributed by atoms with Crippen LogP contribution in [0.4, 0.5) is 4.79 Å². The van der Waals surface area contributed by atoms with E-state index in [9.17, 15) is 14.4 Å². The van der Waals surface area contributed by atoms with Crippen molar-refractivity contribution in [3.05, 3.63) is 34.9 Å². The molecule has 0 radical (unpaired) electrons. The minimum atomic E-state index is -0.648. The maximum absolute atomic E-state index is 11.8. The summed E-state index contributed by atoms with van der Waals surface area (Å²) in [6, 6.07) is 6.30. The van der Waals surface area contributed by atoms with Gasteiger partial charge in [0, 0.05) is 11.1 Å². The van der Waals surface area contributed by atoms with Crippen LogP contribution in [0.5, 0.6) is 0 Å². The highest BCUT2D eigenvalue weighted by Crippen LogP contribution is 2.23. The van der Waals surface area contributed by atoms with Crippen molar-refractivity contribution in [2.75, 3.05) is 6.61 Å². The number of nitrogens with one attached hydrogen (secondary N) is 2. The van der Waals surface area contributed by atoms with Crippen LogP contribution < -0.4 is 10.6 Å². The van der Waals surface area contributed by atoms with Gasteiger partial charge in [-0.25, -0.2) is 4.79 Å². The molecule has 3 amide bonds. The summed E-state index contributed by atoms with van der Waals surface area (Å²) in [7, 11) is 0. The van der Waals surface area contributed by atoms with Crippen LogP contribution in [-0.2, 0) is 20.7 Å². The summed E-state index contributed by atoms with van der Waals surface area (Å²) in [5, 5.41) is 5.58. The number of halogens is 1. The number of carbonyl (C=O) groups excluding carboxylic acids is 3. The molecule has 2 rings (SSSR count). The number of hydrogen-bond donors (Lipinski definition) is 2. The van der Waals surface area contributed by atoms with Crippen molar-refractivity contribution < 1.29 is 19.1 Å². The lowest BCUT2D eigenvalue weighted by molar-refractivity contribution is -0.147. The summed E-state index contributed by atoms with van der Waals surface area (Å²) >= 11 is 5.77. The molecule has 136 valence electrons. The van der Waals surface area contributed by atoms with Crippen molar-refractivity contribution in [2.45, 2.75) is 45.1 Å². The molecule has 1 aromatic carbocycles. The number of ether oxygens (including phenoxy) is 1. The summed E-state index contributed by atoms with van der Waals surface area (Å²) in [6.45, 7) is 1.60. The summed E-state index contributed by atoms with van der Waals surface area (Å²) in [6.07, 6.45) is 4.27. The first-order valence-corrected chi connectivity index (χ1v) is 8.82. The van der Waals surface area contributed by atoms with Gasteiger partial charge in [-0.05, 0) is 36.5 Å². The maximum Gasteiger partial charge on any atom is 0.321 e. The van der Waals surface area contributed by atoms with E-state index < -0.39 is 24.5 Å². The van der Waals surface area contributed by atoms with E-state index in [2.05, 4.69) is 17.6 Å². The Morgan fingerprint density at radius 1 is 1.16 bits per heavy atom. The fraction of sp³-hybridized carbons (Fsp3) is 0.500. The first kappa shape index (κ1) is 19.2. The van der Waals surface area contributed by atoms with Crippen LogP contribution in [0.25, 0.3) is 0 Å². The van der Waals surface area contributed by atoms with Crippen LogP contribution >= 0.6 is 11.6 Å². The Morgan fingerprint density at radius 2 is 1.84 bits per heavy atom. The molecule has 1 aliphatic carbocycles. The molecule has 0 aromatic heterocycles. The summed E-state index contributed by atoms with van der Waals surface area (Å²) in [5.41, 5.74) is 0.735. The van der Waals surface area contributed by atoms with Gasteiger partial charge in [0.1, 0.15) is 0 Å². The number of imide groups is 1. The Bertz CT molecular complexity index is 618. The molecule has 2 N–H and O–H groups in total. The molecule has 7 heteroatoms. The van der Waals surface area contributed by atoms with E-state index in [4.69, 9.17) is 16.3 Å².